The van der Waals surface area contributed by atoms with Gasteiger partial charge in [0, 0.05) is 0 Å². The average molecular weight is 432 g/mol. The number of carbonyl (C=O) groups is 5. The van der Waals surface area contributed by atoms with Crippen molar-refractivity contribution in [3.05, 3.63) is 0 Å². The molecule has 3 amide bonds. The van der Waals surface area contributed by atoms with Crippen molar-refractivity contribution in [1.82, 2.24) is 16.0 Å². The maximum Gasteiger partial charge on any atom is 0.326 e. The van der Waals surface area contributed by atoms with Crippen molar-refractivity contribution in [2.45, 2.75) is 71.3 Å². The highest BCUT2D eigenvalue weighted by molar-refractivity contribution is 5.95. The smallest absolute Gasteiger partial charge is 0.326 e. The number of carboxylic acids is 2. The summed E-state index contributed by atoms with van der Waals surface area (Å²) in [7, 11) is 0. The fourth-order valence-electron chi connectivity index (χ4n) is 2.42. The zero-order chi connectivity index (χ0) is 23.8. The third-order valence-electron chi connectivity index (χ3n) is 4.31. The van der Waals surface area contributed by atoms with Crippen LogP contribution in [0.1, 0.15) is 41.0 Å². The third-order valence-corrected chi connectivity index (χ3v) is 4.31. The normalized spacial score (nSPS) is 16.2. The molecule has 0 saturated heterocycles. The van der Waals surface area contributed by atoms with E-state index < -0.39 is 78.2 Å². The van der Waals surface area contributed by atoms with E-state index in [1.807, 2.05) is 0 Å². The van der Waals surface area contributed by atoms with E-state index in [1.165, 1.54) is 6.92 Å². The first-order chi connectivity index (χ1) is 13.7. The molecular formula is C18H32N4O8. The quantitative estimate of drug-likeness (QED) is 0.182. The fourth-order valence-corrected chi connectivity index (χ4v) is 2.42. The first-order valence-corrected chi connectivity index (χ1v) is 9.48. The summed E-state index contributed by atoms with van der Waals surface area (Å²) in [5, 5.41) is 34.5. The summed E-state index contributed by atoms with van der Waals surface area (Å²) in [6.45, 7) is 7.66. The summed E-state index contributed by atoms with van der Waals surface area (Å²) in [6.07, 6.45) is -2.03. The minimum absolute atomic E-state index is 0.420. The molecule has 0 aliphatic rings. The highest BCUT2D eigenvalue weighted by Crippen LogP contribution is 2.08. The molecule has 5 unspecified atom stereocenters. The third kappa shape index (κ3) is 8.74. The molecule has 0 saturated carbocycles. The Hall–Kier alpha value is -2.73. The highest BCUT2D eigenvalue weighted by Gasteiger charge is 2.33. The molecule has 0 aromatic heterocycles. The minimum Gasteiger partial charge on any atom is -0.481 e. The van der Waals surface area contributed by atoms with Gasteiger partial charge in [0.05, 0.1) is 12.5 Å². The number of amides is 3. The molecule has 0 aromatic rings. The van der Waals surface area contributed by atoms with Crippen molar-refractivity contribution in [3.63, 3.8) is 0 Å². The van der Waals surface area contributed by atoms with E-state index >= 15 is 0 Å². The van der Waals surface area contributed by atoms with E-state index in [1.54, 1.807) is 27.7 Å². The maximum atomic E-state index is 12.6. The van der Waals surface area contributed by atoms with E-state index in [2.05, 4.69) is 16.0 Å². The average Bonchev–Trinajstić information content (AvgIpc) is 2.60. The summed E-state index contributed by atoms with van der Waals surface area (Å²) in [5.41, 5.74) is 5.49. The number of hydrogen-bond acceptors (Lipinski definition) is 7. The zero-order valence-corrected chi connectivity index (χ0v) is 17.7. The van der Waals surface area contributed by atoms with Gasteiger partial charge in [-0.05, 0) is 18.8 Å². The van der Waals surface area contributed by atoms with Crippen molar-refractivity contribution < 1.29 is 39.3 Å². The van der Waals surface area contributed by atoms with Gasteiger partial charge in [-0.3, -0.25) is 19.2 Å². The monoisotopic (exact) mass is 432 g/mol. The number of carbonyl (C=O) groups excluding carboxylic acids is 3. The number of rotatable bonds is 12. The molecule has 0 radical (unpaired) electrons. The van der Waals surface area contributed by atoms with Crippen LogP contribution in [-0.4, -0.2) is 75.3 Å². The second kappa shape index (κ2) is 12.1. The van der Waals surface area contributed by atoms with Crippen LogP contribution in [0.3, 0.4) is 0 Å². The summed E-state index contributed by atoms with van der Waals surface area (Å²) in [6, 6.07) is -5.32. The Bertz CT molecular complexity index is 650. The van der Waals surface area contributed by atoms with Gasteiger partial charge >= 0.3 is 11.9 Å². The number of aliphatic hydroxyl groups is 1. The summed E-state index contributed by atoms with van der Waals surface area (Å²) >= 11 is 0. The van der Waals surface area contributed by atoms with E-state index in [-0.39, 0.29) is 0 Å². The molecule has 0 aromatic carbocycles. The highest BCUT2D eigenvalue weighted by atomic mass is 16.4. The van der Waals surface area contributed by atoms with Gasteiger partial charge in [-0.2, -0.15) is 0 Å². The Labute approximate surface area is 174 Å². The molecule has 0 aliphatic heterocycles. The maximum absolute atomic E-state index is 12.6. The Balaban J connectivity index is 5.46. The Morgan fingerprint density at radius 2 is 1.23 bits per heavy atom. The van der Waals surface area contributed by atoms with Crippen molar-refractivity contribution in [2.75, 3.05) is 0 Å². The molecule has 0 fully saturated rings. The van der Waals surface area contributed by atoms with E-state index in [4.69, 9.17) is 10.8 Å². The van der Waals surface area contributed by atoms with Gasteiger partial charge < -0.3 is 37.0 Å². The van der Waals surface area contributed by atoms with Gasteiger partial charge in [0.25, 0.3) is 0 Å². The van der Waals surface area contributed by atoms with E-state index in [9.17, 15) is 34.2 Å². The van der Waals surface area contributed by atoms with E-state index in [0.29, 0.717) is 0 Å². The molecule has 12 nitrogen and oxygen atoms in total. The molecule has 0 spiro atoms. The summed E-state index contributed by atoms with van der Waals surface area (Å²) < 4.78 is 0. The number of hydrogen-bond donors (Lipinski definition) is 7. The largest absolute Gasteiger partial charge is 0.481 e. The van der Waals surface area contributed by atoms with E-state index in [0.717, 1.165) is 0 Å². The molecule has 8 N–H and O–H groups in total. The molecule has 0 heterocycles. The number of aliphatic hydroxyl groups excluding tert-OH is 1. The molecule has 12 heteroatoms. The van der Waals surface area contributed by atoms with Crippen LogP contribution in [-0.2, 0) is 24.0 Å². The Morgan fingerprint density at radius 1 is 0.767 bits per heavy atom. The van der Waals surface area contributed by atoms with Crippen molar-refractivity contribution in [3.8, 4) is 0 Å². The topological polar surface area (TPSA) is 208 Å². The van der Waals surface area contributed by atoms with Gasteiger partial charge in [0.15, 0.2) is 0 Å². The van der Waals surface area contributed by atoms with Crippen LogP contribution in [0.2, 0.25) is 0 Å². The number of nitrogens with one attached hydrogen (secondary N) is 3. The molecule has 5 atom stereocenters. The predicted molar refractivity (Wildman–Crippen MR) is 105 cm³/mol. The second-order valence-corrected chi connectivity index (χ2v) is 7.72. The lowest BCUT2D eigenvalue weighted by atomic mass is 9.99. The van der Waals surface area contributed by atoms with Crippen LogP contribution < -0.4 is 21.7 Å². The lowest BCUT2D eigenvalue weighted by Gasteiger charge is -2.27. The van der Waals surface area contributed by atoms with Crippen molar-refractivity contribution in [2.24, 2.45) is 17.6 Å². The molecule has 0 aliphatic carbocycles. The minimum atomic E-state index is -1.56. The zero-order valence-electron chi connectivity index (χ0n) is 17.7. The Morgan fingerprint density at radius 3 is 1.60 bits per heavy atom. The van der Waals surface area contributed by atoms with Crippen molar-refractivity contribution >= 4 is 29.7 Å². The van der Waals surface area contributed by atoms with Crippen LogP contribution >= 0.6 is 0 Å². The summed E-state index contributed by atoms with van der Waals surface area (Å²) in [4.78, 5) is 59.6. The first-order valence-electron chi connectivity index (χ1n) is 9.48. The fraction of sp³-hybridized carbons (Fsp3) is 0.722. The molecular weight excluding hydrogens is 400 g/mol. The van der Waals surface area contributed by atoms with Gasteiger partial charge in [-0.25, -0.2) is 4.79 Å². The molecule has 30 heavy (non-hydrogen) atoms. The lowest BCUT2D eigenvalue weighted by molar-refractivity contribution is -0.144. The Kier molecular flexibility index (Phi) is 11.0. The SMILES string of the molecule is CC(C)C(NC(=O)C(NC(=O)C(CC(=O)O)NC(=O)C(N)C(C)O)C(C)C)C(=O)O. The van der Waals surface area contributed by atoms with Crippen LogP contribution in [0.4, 0.5) is 0 Å². The van der Waals surface area contributed by atoms with Gasteiger partial charge in [-0.1, -0.05) is 27.7 Å². The lowest BCUT2D eigenvalue weighted by Crippen LogP contribution is -2.59. The predicted octanol–water partition coefficient (Wildman–Crippen LogP) is -1.98. The van der Waals surface area contributed by atoms with Gasteiger partial charge in [0.2, 0.25) is 17.7 Å². The van der Waals surface area contributed by atoms with Gasteiger partial charge in [-0.15, -0.1) is 0 Å². The van der Waals surface area contributed by atoms with Crippen LogP contribution in [0.25, 0.3) is 0 Å². The molecule has 0 bridgehead atoms. The van der Waals surface area contributed by atoms with Crippen LogP contribution in [0.15, 0.2) is 0 Å². The van der Waals surface area contributed by atoms with Crippen molar-refractivity contribution in [1.29, 1.82) is 0 Å². The first kappa shape index (κ1) is 27.3. The molecule has 0 rings (SSSR count). The summed E-state index contributed by atoms with van der Waals surface area (Å²) in [5.74, 6) is -6.20. The standard InChI is InChI=1S/C18H32N4O8/c1-7(2)13(17(28)22-14(8(3)4)18(29)30)21-15(26)10(6-11(24)25)20-16(27)12(19)9(5)23/h7-10,12-14,23H,6,19H2,1-5H3,(H,20,27)(H,21,26)(H,22,28)(H,24,25)(H,29,30). The second-order valence-electron chi connectivity index (χ2n) is 7.72. The van der Waals surface area contributed by atoms with Crippen LogP contribution in [0.5, 0.6) is 0 Å². The number of aliphatic carboxylic acids is 2. The molecule has 172 valence electrons. The van der Waals surface area contributed by atoms with Gasteiger partial charge in [0.1, 0.15) is 24.2 Å². The van der Waals surface area contributed by atoms with Crippen LogP contribution in [0, 0.1) is 11.8 Å². The number of nitrogens with two attached hydrogens (primary N) is 1. The number of carboxylic acid groups (broad SMARTS) is 2.